The summed E-state index contributed by atoms with van der Waals surface area (Å²) in [7, 11) is 0. The molecule has 3 rings (SSSR count). The van der Waals surface area contributed by atoms with E-state index in [1.165, 1.54) is 11.1 Å². The van der Waals surface area contributed by atoms with E-state index in [4.69, 9.17) is 4.74 Å². The number of fused-ring (bicyclic) bond motifs is 1. The minimum absolute atomic E-state index is 0.148. The van der Waals surface area contributed by atoms with Gasteiger partial charge in [0.1, 0.15) is 11.4 Å². The first-order valence-electron chi connectivity index (χ1n) is 9.01. The lowest BCUT2D eigenvalue weighted by Gasteiger charge is -2.46. The Kier molecular flexibility index (Phi) is 4.72. The van der Waals surface area contributed by atoms with Crippen LogP contribution in [-0.4, -0.2) is 35.5 Å². The van der Waals surface area contributed by atoms with Crippen LogP contribution in [0.1, 0.15) is 45.6 Å². The predicted molar refractivity (Wildman–Crippen MR) is 97.3 cm³/mol. The van der Waals surface area contributed by atoms with Crippen LogP contribution in [0.25, 0.3) is 0 Å². The van der Waals surface area contributed by atoms with Crippen LogP contribution in [-0.2, 0) is 16.0 Å². The van der Waals surface area contributed by atoms with E-state index in [0.29, 0.717) is 31.7 Å². The topological polar surface area (TPSA) is 46.6 Å². The molecule has 0 unspecified atom stereocenters. The van der Waals surface area contributed by atoms with E-state index in [9.17, 15) is 9.59 Å². The van der Waals surface area contributed by atoms with Gasteiger partial charge < -0.3 is 9.64 Å². The fraction of sp³-hybridized carbons (Fsp3) is 0.524. The van der Waals surface area contributed by atoms with Gasteiger partial charge in [-0.1, -0.05) is 42.0 Å². The highest BCUT2D eigenvalue weighted by Crippen LogP contribution is 2.45. The second-order valence-corrected chi connectivity index (χ2v) is 8.25. The summed E-state index contributed by atoms with van der Waals surface area (Å²) in [6, 6.07) is 10.3. The van der Waals surface area contributed by atoms with Crippen molar-refractivity contribution in [1.82, 2.24) is 4.90 Å². The maximum atomic E-state index is 12.6. The first-order valence-corrected chi connectivity index (χ1v) is 9.01. The van der Waals surface area contributed by atoms with E-state index in [1.54, 1.807) is 4.90 Å². The molecule has 134 valence electrons. The van der Waals surface area contributed by atoms with Crippen molar-refractivity contribution in [3.8, 4) is 0 Å². The van der Waals surface area contributed by atoms with E-state index in [2.05, 4.69) is 18.2 Å². The van der Waals surface area contributed by atoms with Gasteiger partial charge in [0, 0.05) is 31.3 Å². The van der Waals surface area contributed by atoms with Crippen LogP contribution in [0.2, 0.25) is 0 Å². The van der Waals surface area contributed by atoms with Gasteiger partial charge in [-0.3, -0.25) is 4.79 Å². The van der Waals surface area contributed by atoms with Gasteiger partial charge in [-0.05, 0) is 39.2 Å². The van der Waals surface area contributed by atoms with Gasteiger partial charge in [0.2, 0.25) is 0 Å². The maximum Gasteiger partial charge on any atom is 0.410 e. The molecule has 1 aromatic carbocycles. The van der Waals surface area contributed by atoms with E-state index >= 15 is 0 Å². The van der Waals surface area contributed by atoms with E-state index in [-0.39, 0.29) is 11.5 Å². The number of hydrogen-bond donors (Lipinski definition) is 0. The predicted octanol–water partition coefficient (Wildman–Crippen LogP) is 4.15. The summed E-state index contributed by atoms with van der Waals surface area (Å²) in [5, 5.41) is 0. The number of rotatable bonds is 2. The Morgan fingerprint density at radius 3 is 2.64 bits per heavy atom. The molecule has 1 aromatic rings. The molecule has 1 aliphatic carbocycles. The molecular weight excluding hydrogens is 314 g/mol. The van der Waals surface area contributed by atoms with Crippen molar-refractivity contribution in [2.45, 2.75) is 52.1 Å². The minimum Gasteiger partial charge on any atom is -0.444 e. The summed E-state index contributed by atoms with van der Waals surface area (Å²) in [4.78, 5) is 26.3. The van der Waals surface area contributed by atoms with Crippen molar-refractivity contribution in [2.75, 3.05) is 13.1 Å². The van der Waals surface area contributed by atoms with Crippen LogP contribution in [0.4, 0.5) is 4.79 Å². The summed E-state index contributed by atoms with van der Waals surface area (Å²) in [6.45, 7) is 6.80. The fourth-order valence-electron chi connectivity index (χ4n) is 3.86. The van der Waals surface area contributed by atoms with Crippen LogP contribution in [0, 0.1) is 5.41 Å². The van der Waals surface area contributed by atoms with Gasteiger partial charge in [-0.25, -0.2) is 4.79 Å². The Hall–Kier alpha value is -2.10. The molecule has 1 aliphatic heterocycles. The molecule has 1 fully saturated rings. The number of carbonyl (C=O) groups excluding carboxylic acids is 2. The average Bonchev–Trinajstić information content (AvgIpc) is 2.54. The third-order valence-electron chi connectivity index (χ3n) is 5.04. The summed E-state index contributed by atoms with van der Waals surface area (Å²) in [5.74, 6) is 0.306. The van der Waals surface area contributed by atoms with Crippen LogP contribution in [0.15, 0.2) is 42.0 Å². The largest absolute Gasteiger partial charge is 0.444 e. The van der Waals surface area contributed by atoms with Crippen LogP contribution in [0.3, 0.4) is 0 Å². The number of amides is 1. The van der Waals surface area contributed by atoms with Gasteiger partial charge in [-0.2, -0.15) is 0 Å². The quantitative estimate of drug-likeness (QED) is 0.759. The highest BCUT2D eigenvalue weighted by molar-refractivity contribution is 5.83. The number of carbonyl (C=O) groups is 2. The second-order valence-electron chi connectivity index (χ2n) is 8.25. The summed E-state index contributed by atoms with van der Waals surface area (Å²) >= 11 is 0. The molecule has 2 aliphatic rings. The number of ether oxygens (including phenoxy) is 1. The molecule has 0 bridgehead atoms. The van der Waals surface area contributed by atoms with Crippen LogP contribution < -0.4 is 0 Å². The lowest BCUT2D eigenvalue weighted by molar-refractivity contribution is -0.120. The van der Waals surface area contributed by atoms with E-state index < -0.39 is 5.60 Å². The molecule has 1 atom stereocenters. The zero-order valence-corrected chi connectivity index (χ0v) is 15.4. The molecule has 1 saturated carbocycles. The molecule has 0 spiro atoms. The van der Waals surface area contributed by atoms with Crippen molar-refractivity contribution in [3.05, 3.63) is 47.5 Å². The fourth-order valence-corrected chi connectivity index (χ4v) is 3.86. The first-order chi connectivity index (χ1) is 11.8. The molecule has 4 nitrogen and oxygen atoms in total. The Morgan fingerprint density at radius 2 is 1.96 bits per heavy atom. The zero-order chi connectivity index (χ0) is 18.1. The number of Topliss-reactive ketones (excluding diaryl/α,β-unsaturated/α-hetero) is 1. The molecule has 0 N–H and O–H groups in total. The Labute approximate surface area is 149 Å². The zero-order valence-electron chi connectivity index (χ0n) is 15.4. The maximum absolute atomic E-state index is 12.6. The highest BCUT2D eigenvalue weighted by Gasteiger charge is 2.43. The van der Waals surface area contributed by atoms with Gasteiger partial charge in [0.15, 0.2) is 0 Å². The molecule has 0 radical (unpaired) electrons. The molecule has 1 amide bonds. The van der Waals surface area contributed by atoms with Crippen LogP contribution in [0.5, 0.6) is 0 Å². The molecule has 1 heterocycles. The van der Waals surface area contributed by atoms with Gasteiger partial charge in [0.25, 0.3) is 0 Å². The first kappa shape index (κ1) is 17.7. The molecule has 0 aromatic heterocycles. The Balaban J connectivity index is 1.86. The van der Waals surface area contributed by atoms with Crippen LogP contribution >= 0.6 is 0 Å². The van der Waals surface area contributed by atoms with Gasteiger partial charge >= 0.3 is 6.09 Å². The van der Waals surface area contributed by atoms with Crippen molar-refractivity contribution in [2.24, 2.45) is 5.41 Å². The van der Waals surface area contributed by atoms with E-state index in [0.717, 1.165) is 12.8 Å². The molecular formula is C21H27NO3. The lowest BCUT2D eigenvalue weighted by Crippen LogP contribution is -2.50. The van der Waals surface area contributed by atoms with Crippen molar-refractivity contribution >= 4 is 11.9 Å². The molecule has 0 saturated heterocycles. The van der Waals surface area contributed by atoms with Crippen molar-refractivity contribution in [1.29, 1.82) is 0 Å². The third-order valence-corrected chi connectivity index (χ3v) is 5.04. The second kappa shape index (κ2) is 6.66. The Morgan fingerprint density at radius 1 is 1.24 bits per heavy atom. The van der Waals surface area contributed by atoms with Gasteiger partial charge in [0.05, 0.1) is 0 Å². The summed E-state index contributed by atoms with van der Waals surface area (Å²) < 4.78 is 5.56. The number of ketones is 1. The summed E-state index contributed by atoms with van der Waals surface area (Å²) in [6.07, 6.45) is 4.57. The average molecular weight is 341 g/mol. The van der Waals surface area contributed by atoms with E-state index in [1.807, 2.05) is 39.0 Å². The summed E-state index contributed by atoms with van der Waals surface area (Å²) in [5.41, 5.74) is 1.79. The van der Waals surface area contributed by atoms with Crippen molar-refractivity contribution < 1.29 is 14.3 Å². The number of nitrogens with zero attached hydrogens (tertiary/aromatic N) is 1. The lowest BCUT2D eigenvalue weighted by atomic mass is 9.65. The Bertz CT molecular complexity index is 687. The number of hydrogen-bond acceptors (Lipinski definition) is 3. The monoisotopic (exact) mass is 341 g/mol. The standard InChI is InChI=1S/C21H27NO3/c1-20(2,3)25-19(24)22-12-10-17-13-18(23)9-11-21(17,15-22)14-16-7-5-4-6-8-16/h4-8,10H,9,11-15H2,1-3H3/t21-/m0/s1. The minimum atomic E-state index is -0.504. The third kappa shape index (κ3) is 4.12. The normalized spacial score (nSPS) is 23.7. The van der Waals surface area contributed by atoms with Crippen molar-refractivity contribution in [3.63, 3.8) is 0 Å². The van der Waals surface area contributed by atoms with Gasteiger partial charge in [-0.15, -0.1) is 0 Å². The molecule has 4 heteroatoms. The number of benzene rings is 1. The highest BCUT2D eigenvalue weighted by atomic mass is 16.6. The smallest absolute Gasteiger partial charge is 0.410 e. The molecule has 25 heavy (non-hydrogen) atoms. The SMILES string of the molecule is CC(C)(C)OC(=O)N1CC=C2CC(=O)CC[C@]2(Cc2ccccc2)C1.